The molecule has 4 nitrogen and oxygen atoms in total. The van der Waals surface area contributed by atoms with Crippen LogP contribution in [0, 0.1) is 0 Å². The van der Waals surface area contributed by atoms with Gasteiger partial charge in [0.1, 0.15) is 0 Å². The van der Waals surface area contributed by atoms with Crippen molar-refractivity contribution in [2.24, 2.45) is 0 Å². The Kier molecular flexibility index (Phi) is 6.96. The van der Waals surface area contributed by atoms with E-state index in [9.17, 15) is 9.59 Å². The van der Waals surface area contributed by atoms with E-state index in [0.717, 1.165) is 31.5 Å². The molecular formula is C18H25NO3S. The van der Waals surface area contributed by atoms with Gasteiger partial charge in [-0.05, 0) is 37.5 Å². The number of esters is 1. The minimum absolute atomic E-state index is 0.0603. The zero-order valence-corrected chi connectivity index (χ0v) is 14.7. The Balaban J connectivity index is 1.89. The number of carbonyl (C=O) groups is 2. The zero-order valence-electron chi connectivity index (χ0n) is 13.9. The van der Waals surface area contributed by atoms with Crippen molar-refractivity contribution in [2.75, 3.05) is 20.2 Å². The van der Waals surface area contributed by atoms with Crippen LogP contribution in [0.25, 0.3) is 0 Å². The van der Waals surface area contributed by atoms with Crippen LogP contribution in [0.15, 0.2) is 24.3 Å². The first-order valence-corrected chi connectivity index (χ1v) is 9.24. The smallest absolute Gasteiger partial charge is 0.337 e. The van der Waals surface area contributed by atoms with Gasteiger partial charge in [-0.1, -0.05) is 25.0 Å². The Hall–Kier alpha value is -1.49. The quantitative estimate of drug-likeness (QED) is 0.773. The Bertz CT molecular complexity index is 539. The third-order valence-corrected chi connectivity index (χ3v) is 5.32. The summed E-state index contributed by atoms with van der Waals surface area (Å²) in [6, 6.07) is 7.40. The van der Waals surface area contributed by atoms with Crippen LogP contribution < -0.4 is 0 Å². The second kappa shape index (κ2) is 8.96. The standard InChI is InChI=1S/C18H25NO3S/c1-14(17(20)19-10-5-3-4-6-11-19)23-13-15-8-7-9-16(12-15)18(21)22-2/h7-9,12,14H,3-6,10-11,13H2,1-2H3. The number of hydrogen-bond acceptors (Lipinski definition) is 4. The lowest BCUT2D eigenvalue weighted by molar-refractivity contribution is -0.130. The monoisotopic (exact) mass is 335 g/mol. The molecule has 1 saturated heterocycles. The molecule has 2 rings (SSSR count). The fraction of sp³-hybridized carbons (Fsp3) is 0.556. The Morgan fingerprint density at radius 2 is 1.91 bits per heavy atom. The second-order valence-electron chi connectivity index (χ2n) is 5.88. The van der Waals surface area contributed by atoms with E-state index in [2.05, 4.69) is 0 Å². The summed E-state index contributed by atoms with van der Waals surface area (Å²) in [4.78, 5) is 26.1. The number of ether oxygens (including phenoxy) is 1. The molecule has 1 aliphatic rings. The maximum Gasteiger partial charge on any atom is 0.337 e. The number of methoxy groups -OCH3 is 1. The van der Waals surface area contributed by atoms with Crippen molar-refractivity contribution in [3.05, 3.63) is 35.4 Å². The van der Waals surface area contributed by atoms with Gasteiger partial charge in [-0.15, -0.1) is 11.8 Å². The van der Waals surface area contributed by atoms with Crippen LogP contribution in [0.2, 0.25) is 0 Å². The molecule has 5 heteroatoms. The Morgan fingerprint density at radius 3 is 2.57 bits per heavy atom. The molecule has 0 aromatic heterocycles. The third-order valence-electron chi connectivity index (χ3n) is 4.11. The lowest BCUT2D eigenvalue weighted by Crippen LogP contribution is -2.37. The molecule has 1 aromatic carbocycles. The maximum absolute atomic E-state index is 12.5. The van der Waals surface area contributed by atoms with Gasteiger partial charge in [-0.2, -0.15) is 0 Å². The molecule has 1 aromatic rings. The van der Waals surface area contributed by atoms with Gasteiger partial charge in [0, 0.05) is 18.8 Å². The first-order chi connectivity index (χ1) is 11.1. The van der Waals surface area contributed by atoms with Crippen LogP contribution in [0.4, 0.5) is 0 Å². The number of amides is 1. The molecule has 0 saturated carbocycles. The molecule has 1 amide bonds. The minimum atomic E-state index is -0.328. The van der Waals surface area contributed by atoms with E-state index in [4.69, 9.17) is 4.74 Å². The lowest BCUT2D eigenvalue weighted by atomic mass is 10.1. The van der Waals surface area contributed by atoms with Crippen LogP contribution in [-0.2, 0) is 15.3 Å². The maximum atomic E-state index is 12.5. The van der Waals surface area contributed by atoms with Crippen molar-refractivity contribution in [3.63, 3.8) is 0 Å². The van der Waals surface area contributed by atoms with Crippen molar-refractivity contribution < 1.29 is 14.3 Å². The summed E-state index contributed by atoms with van der Waals surface area (Å²) < 4.78 is 4.74. The van der Waals surface area contributed by atoms with Crippen molar-refractivity contribution in [2.45, 2.75) is 43.6 Å². The topological polar surface area (TPSA) is 46.6 Å². The highest BCUT2D eigenvalue weighted by Gasteiger charge is 2.21. The second-order valence-corrected chi connectivity index (χ2v) is 7.21. The van der Waals surface area contributed by atoms with Crippen molar-refractivity contribution in [3.8, 4) is 0 Å². The van der Waals surface area contributed by atoms with Crippen LogP contribution in [-0.4, -0.2) is 42.2 Å². The van der Waals surface area contributed by atoms with Crippen molar-refractivity contribution in [1.82, 2.24) is 4.90 Å². The fourth-order valence-corrected chi connectivity index (χ4v) is 3.66. The lowest BCUT2D eigenvalue weighted by Gasteiger charge is -2.23. The molecule has 1 heterocycles. The first kappa shape index (κ1) is 17.9. The number of nitrogens with zero attached hydrogens (tertiary/aromatic N) is 1. The van der Waals surface area contributed by atoms with Gasteiger partial charge >= 0.3 is 5.97 Å². The fourth-order valence-electron chi connectivity index (χ4n) is 2.75. The normalized spacial score (nSPS) is 16.5. The highest BCUT2D eigenvalue weighted by atomic mass is 32.2. The van der Waals surface area contributed by atoms with Crippen LogP contribution in [0.3, 0.4) is 0 Å². The van der Waals surface area contributed by atoms with Crippen LogP contribution >= 0.6 is 11.8 Å². The summed E-state index contributed by atoms with van der Waals surface area (Å²) in [5.41, 5.74) is 1.59. The van der Waals surface area contributed by atoms with Crippen molar-refractivity contribution >= 4 is 23.6 Å². The summed E-state index contributed by atoms with van der Waals surface area (Å²) in [6.45, 7) is 3.76. The molecule has 23 heavy (non-hydrogen) atoms. The molecule has 126 valence electrons. The number of likely N-dealkylation sites (tertiary alicyclic amines) is 1. The summed E-state index contributed by atoms with van der Waals surface area (Å²) in [6.07, 6.45) is 4.69. The van der Waals surface area contributed by atoms with Crippen molar-refractivity contribution in [1.29, 1.82) is 0 Å². The number of benzene rings is 1. The minimum Gasteiger partial charge on any atom is -0.465 e. The number of thioether (sulfide) groups is 1. The average molecular weight is 335 g/mol. The molecule has 1 atom stereocenters. The Morgan fingerprint density at radius 1 is 1.22 bits per heavy atom. The molecular weight excluding hydrogens is 310 g/mol. The Labute approximate surface area is 142 Å². The molecule has 0 radical (unpaired) electrons. The first-order valence-electron chi connectivity index (χ1n) is 8.19. The summed E-state index contributed by atoms with van der Waals surface area (Å²) in [7, 11) is 1.38. The highest BCUT2D eigenvalue weighted by Crippen LogP contribution is 2.22. The average Bonchev–Trinajstić information content (AvgIpc) is 2.87. The number of hydrogen-bond donors (Lipinski definition) is 0. The van der Waals surface area contributed by atoms with E-state index >= 15 is 0 Å². The summed E-state index contributed by atoms with van der Waals surface area (Å²) in [5.74, 6) is 0.623. The SMILES string of the molecule is COC(=O)c1cccc(CSC(C)C(=O)N2CCCCCC2)c1. The highest BCUT2D eigenvalue weighted by molar-refractivity contribution is 7.99. The summed E-state index contributed by atoms with van der Waals surface area (Å²) >= 11 is 1.62. The molecule has 0 aliphatic carbocycles. The molecule has 1 unspecified atom stereocenters. The van der Waals surface area contributed by atoms with E-state index < -0.39 is 0 Å². The molecule has 0 spiro atoms. The predicted octanol–water partition coefficient (Wildman–Crippen LogP) is 3.50. The van der Waals surface area contributed by atoms with Gasteiger partial charge in [0.05, 0.1) is 17.9 Å². The molecule has 1 aliphatic heterocycles. The largest absolute Gasteiger partial charge is 0.465 e. The predicted molar refractivity (Wildman–Crippen MR) is 93.6 cm³/mol. The van der Waals surface area contributed by atoms with E-state index in [1.165, 1.54) is 20.0 Å². The van der Waals surface area contributed by atoms with Gasteiger partial charge < -0.3 is 9.64 Å². The summed E-state index contributed by atoms with van der Waals surface area (Å²) in [5, 5.41) is -0.0603. The van der Waals surface area contributed by atoms with E-state index in [1.54, 1.807) is 17.8 Å². The molecule has 1 fully saturated rings. The number of rotatable bonds is 5. The number of carbonyl (C=O) groups excluding carboxylic acids is 2. The van der Waals surface area contributed by atoms with E-state index in [0.29, 0.717) is 11.3 Å². The van der Waals surface area contributed by atoms with E-state index in [1.807, 2.05) is 30.0 Å². The van der Waals surface area contributed by atoms with Gasteiger partial charge in [0.25, 0.3) is 0 Å². The molecule has 0 bridgehead atoms. The van der Waals surface area contributed by atoms with Gasteiger partial charge in [-0.25, -0.2) is 4.79 Å². The van der Waals surface area contributed by atoms with Gasteiger partial charge in [0.15, 0.2) is 0 Å². The third kappa shape index (κ3) is 5.27. The van der Waals surface area contributed by atoms with Crippen LogP contribution in [0.5, 0.6) is 0 Å². The van der Waals surface area contributed by atoms with Crippen LogP contribution in [0.1, 0.15) is 48.5 Å². The zero-order chi connectivity index (χ0) is 16.7. The van der Waals surface area contributed by atoms with Gasteiger partial charge in [-0.3, -0.25) is 4.79 Å². The molecule has 0 N–H and O–H groups in total. The van der Waals surface area contributed by atoms with Gasteiger partial charge in [0.2, 0.25) is 5.91 Å². The van der Waals surface area contributed by atoms with E-state index in [-0.39, 0.29) is 17.1 Å².